The van der Waals surface area contributed by atoms with Crippen LogP contribution in [0.15, 0.2) is 54.6 Å². The number of hydrogen-bond acceptors (Lipinski definition) is 3. The van der Waals surface area contributed by atoms with Gasteiger partial charge in [-0.15, -0.1) is 0 Å². The lowest BCUT2D eigenvalue weighted by molar-refractivity contribution is 0.262. The number of amides is 2. The molecule has 2 amide bonds. The fourth-order valence-corrected chi connectivity index (χ4v) is 4.68. The Labute approximate surface area is 171 Å². The van der Waals surface area contributed by atoms with Crippen LogP contribution in [0.3, 0.4) is 0 Å². The summed E-state index contributed by atoms with van der Waals surface area (Å²) in [5.41, 5.74) is 3.76. The molecule has 2 fully saturated rings. The average molecular weight is 386 g/mol. The summed E-state index contributed by atoms with van der Waals surface area (Å²) in [5.74, 6) is 1.93. The van der Waals surface area contributed by atoms with Crippen LogP contribution in [0, 0.1) is 5.92 Å². The van der Waals surface area contributed by atoms with Crippen molar-refractivity contribution in [1.82, 2.24) is 4.98 Å². The number of benzene rings is 2. The van der Waals surface area contributed by atoms with Crippen molar-refractivity contribution in [1.29, 1.82) is 0 Å². The molecule has 2 aromatic carbocycles. The first-order chi connectivity index (χ1) is 14.2. The molecule has 5 heteroatoms. The van der Waals surface area contributed by atoms with Gasteiger partial charge in [0.15, 0.2) is 0 Å². The second-order valence-electron chi connectivity index (χ2n) is 8.19. The van der Waals surface area contributed by atoms with Crippen molar-refractivity contribution in [3.05, 3.63) is 60.2 Å². The Bertz CT molecular complexity index is 1050. The predicted octanol–water partition coefficient (Wildman–Crippen LogP) is 5.43. The topological polar surface area (TPSA) is 57.3 Å². The standard InChI is InChI=1S/C24H26N4O/c1-2-16-3-7-19(8-4-16)25-24(29)26-20-9-11-22-18(14-20)6-12-23(27-22)28-15-17-5-10-21(28)13-17/h3-4,6-9,11-12,14,17,21H,2,5,10,13,15H2,1H3,(H2,25,26,29)/t17-,21-/m0/s1. The van der Waals surface area contributed by atoms with E-state index >= 15 is 0 Å². The van der Waals surface area contributed by atoms with Crippen molar-refractivity contribution in [2.75, 3.05) is 22.1 Å². The number of aryl methyl sites for hydroxylation is 1. The van der Waals surface area contributed by atoms with Gasteiger partial charge in [0.1, 0.15) is 5.82 Å². The van der Waals surface area contributed by atoms with E-state index in [0.717, 1.165) is 47.0 Å². The van der Waals surface area contributed by atoms with Gasteiger partial charge in [0.25, 0.3) is 0 Å². The normalized spacial score (nSPS) is 20.2. The van der Waals surface area contributed by atoms with E-state index in [1.165, 1.54) is 24.8 Å². The van der Waals surface area contributed by atoms with Gasteiger partial charge in [-0.3, -0.25) is 0 Å². The maximum absolute atomic E-state index is 12.3. The van der Waals surface area contributed by atoms with Gasteiger partial charge >= 0.3 is 6.03 Å². The van der Waals surface area contributed by atoms with Crippen LogP contribution in [0.1, 0.15) is 31.7 Å². The molecule has 2 heterocycles. The molecule has 2 bridgehead atoms. The zero-order valence-corrected chi connectivity index (χ0v) is 16.7. The zero-order chi connectivity index (χ0) is 19.8. The van der Waals surface area contributed by atoms with Crippen molar-refractivity contribution in [3.63, 3.8) is 0 Å². The average Bonchev–Trinajstić information content (AvgIpc) is 3.37. The van der Waals surface area contributed by atoms with Gasteiger partial charge < -0.3 is 15.5 Å². The van der Waals surface area contributed by atoms with E-state index in [0.29, 0.717) is 6.04 Å². The summed E-state index contributed by atoms with van der Waals surface area (Å²) in [6.07, 6.45) is 4.97. The highest BCUT2D eigenvalue weighted by Gasteiger charge is 2.38. The number of hydrogen-bond donors (Lipinski definition) is 2. The van der Waals surface area contributed by atoms with E-state index in [1.807, 2.05) is 42.5 Å². The maximum Gasteiger partial charge on any atom is 0.323 e. The van der Waals surface area contributed by atoms with Gasteiger partial charge in [-0.2, -0.15) is 0 Å². The number of carbonyl (C=O) groups is 1. The van der Waals surface area contributed by atoms with Gasteiger partial charge in [-0.05, 0) is 79.6 Å². The summed E-state index contributed by atoms with van der Waals surface area (Å²) < 4.78 is 0. The first-order valence-corrected chi connectivity index (χ1v) is 10.5. The van der Waals surface area contributed by atoms with Gasteiger partial charge in [0.2, 0.25) is 0 Å². The largest absolute Gasteiger partial charge is 0.353 e. The number of rotatable bonds is 4. The molecule has 5 nitrogen and oxygen atoms in total. The van der Waals surface area contributed by atoms with Crippen LogP contribution in [0.25, 0.3) is 10.9 Å². The minimum absolute atomic E-state index is 0.244. The molecule has 29 heavy (non-hydrogen) atoms. The summed E-state index contributed by atoms with van der Waals surface area (Å²) in [7, 11) is 0. The van der Waals surface area contributed by atoms with Crippen LogP contribution in [0.4, 0.5) is 22.0 Å². The number of pyridine rings is 1. The molecule has 2 atom stereocenters. The smallest absolute Gasteiger partial charge is 0.323 e. The number of fused-ring (bicyclic) bond motifs is 3. The number of anilines is 3. The summed E-state index contributed by atoms with van der Waals surface area (Å²) in [6, 6.07) is 18.4. The monoisotopic (exact) mass is 386 g/mol. The van der Waals surface area contributed by atoms with Crippen molar-refractivity contribution >= 4 is 34.1 Å². The summed E-state index contributed by atoms with van der Waals surface area (Å²) in [6.45, 7) is 3.25. The Morgan fingerprint density at radius 1 is 1.03 bits per heavy atom. The highest BCUT2D eigenvalue weighted by atomic mass is 16.2. The molecule has 0 unspecified atom stereocenters. The van der Waals surface area contributed by atoms with Gasteiger partial charge in [-0.25, -0.2) is 9.78 Å². The quantitative estimate of drug-likeness (QED) is 0.629. The van der Waals surface area contributed by atoms with E-state index in [4.69, 9.17) is 4.98 Å². The van der Waals surface area contributed by atoms with Crippen LogP contribution in [-0.2, 0) is 6.42 Å². The molecular weight excluding hydrogens is 360 g/mol. The number of urea groups is 1. The molecule has 1 saturated carbocycles. The molecule has 0 spiro atoms. The predicted molar refractivity (Wildman–Crippen MR) is 119 cm³/mol. The summed E-state index contributed by atoms with van der Waals surface area (Å²) in [5, 5.41) is 6.82. The number of aromatic nitrogens is 1. The van der Waals surface area contributed by atoms with E-state index in [-0.39, 0.29) is 6.03 Å². The van der Waals surface area contributed by atoms with Gasteiger partial charge in [0.05, 0.1) is 5.52 Å². The zero-order valence-electron chi connectivity index (χ0n) is 16.7. The molecular formula is C24H26N4O. The second-order valence-corrected chi connectivity index (χ2v) is 8.19. The molecule has 0 radical (unpaired) electrons. The second kappa shape index (κ2) is 7.39. The molecule has 148 valence electrons. The minimum Gasteiger partial charge on any atom is -0.353 e. The maximum atomic E-state index is 12.3. The molecule has 2 N–H and O–H groups in total. The van der Waals surface area contributed by atoms with E-state index in [1.54, 1.807) is 0 Å². The minimum atomic E-state index is -0.244. The first kappa shape index (κ1) is 18.0. The van der Waals surface area contributed by atoms with Crippen molar-refractivity contribution in [2.45, 2.75) is 38.6 Å². The Kier molecular flexibility index (Phi) is 4.58. The molecule has 2 aliphatic rings. The van der Waals surface area contributed by atoms with Crippen LogP contribution >= 0.6 is 0 Å². The summed E-state index contributed by atoms with van der Waals surface area (Å²) in [4.78, 5) is 19.7. The van der Waals surface area contributed by atoms with Crippen molar-refractivity contribution in [2.24, 2.45) is 5.92 Å². The fraction of sp³-hybridized carbons (Fsp3) is 0.333. The lowest BCUT2D eigenvalue weighted by Gasteiger charge is -2.28. The molecule has 1 aliphatic carbocycles. The first-order valence-electron chi connectivity index (χ1n) is 10.5. The van der Waals surface area contributed by atoms with E-state index < -0.39 is 0 Å². The SMILES string of the molecule is CCc1ccc(NC(=O)Nc2ccc3nc(N4C[C@H]5CC[C@H]4C5)ccc3c2)cc1. The molecule has 3 aromatic rings. The lowest BCUT2D eigenvalue weighted by atomic mass is 10.1. The Morgan fingerprint density at radius 3 is 2.55 bits per heavy atom. The lowest BCUT2D eigenvalue weighted by Crippen LogP contribution is -2.32. The van der Waals surface area contributed by atoms with Crippen molar-refractivity contribution in [3.8, 4) is 0 Å². The molecule has 1 saturated heterocycles. The Balaban J connectivity index is 1.28. The molecule has 1 aliphatic heterocycles. The van der Waals surface area contributed by atoms with Gasteiger partial charge in [-0.1, -0.05) is 19.1 Å². The Morgan fingerprint density at radius 2 is 1.83 bits per heavy atom. The Hall–Kier alpha value is -3.08. The molecule has 1 aromatic heterocycles. The number of piperidine rings is 1. The van der Waals surface area contributed by atoms with Crippen LogP contribution in [0.5, 0.6) is 0 Å². The number of nitrogens with one attached hydrogen (secondary N) is 2. The number of carbonyl (C=O) groups excluding carboxylic acids is 1. The third-order valence-corrected chi connectivity index (χ3v) is 6.26. The third-order valence-electron chi connectivity index (χ3n) is 6.26. The fourth-order valence-electron chi connectivity index (χ4n) is 4.68. The highest BCUT2D eigenvalue weighted by Crippen LogP contribution is 2.39. The van der Waals surface area contributed by atoms with E-state index in [9.17, 15) is 4.79 Å². The van der Waals surface area contributed by atoms with Crippen molar-refractivity contribution < 1.29 is 4.79 Å². The number of nitrogens with zero attached hydrogens (tertiary/aromatic N) is 2. The third kappa shape index (κ3) is 3.65. The van der Waals surface area contributed by atoms with E-state index in [2.05, 4.69) is 34.6 Å². The summed E-state index contributed by atoms with van der Waals surface area (Å²) >= 11 is 0. The van der Waals surface area contributed by atoms with Gasteiger partial charge in [0, 0.05) is 29.3 Å². The molecule has 5 rings (SSSR count). The van der Waals surface area contributed by atoms with Crippen LogP contribution in [-0.4, -0.2) is 23.6 Å². The van der Waals surface area contributed by atoms with Crippen LogP contribution in [0.2, 0.25) is 0 Å². The highest BCUT2D eigenvalue weighted by molar-refractivity contribution is 6.01. The van der Waals surface area contributed by atoms with Crippen LogP contribution < -0.4 is 15.5 Å².